The van der Waals surface area contributed by atoms with Gasteiger partial charge in [-0.3, -0.25) is 0 Å². The molecule has 1 saturated heterocycles. The van der Waals surface area contributed by atoms with Gasteiger partial charge in [-0.2, -0.15) is 0 Å². The molecule has 2 fully saturated rings. The van der Waals surface area contributed by atoms with Crippen LogP contribution < -0.4 is 5.73 Å². The second-order valence-corrected chi connectivity index (χ2v) is 2.81. The Kier molecular flexibility index (Phi) is 0.746. The molecule has 0 aromatic carbocycles. The van der Waals surface area contributed by atoms with Gasteiger partial charge in [0.05, 0.1) is 0 Å². The van der Waals surface area contributed by atoms with E-state index in [1.54, 1.807) is 0 Å². The first-order chi connectivity index (χ1) is 3.81. The SMILES string of the molecule is NC12CCCCC1O2. The highest BCUT2D eigenvalue weighted by atomic mass is 16.6. The van der Waals surface area contributed by atoms with Crippen LogP contribution >= 0.6 is 0 Å². The molecular weight excluding hydrogens is 102 g/mol. The van der Waals surface area contributed by atoms with E-state index in [2.05, 4.69) is 0 Å². The summed E-state index contributed by atoms with van der Waals surface area (Å²) in [5, 5.41) is 0. The molecule has 0 bridgehead atoms. The average molecular weight is 113 g/mol. The summed E-state index contributed by atoms with van der Waals surface area (Å²) in [5.74, 6) is 0. The third-order valence-electron chi connectivity index (χ3n) is 2.13. The van der Waals surface area contributed by atoms with Crippen molar-refractivity contribution in [2.75, 3.05) is 0 Å². The standard InChI is InChI=1S/C6H11NO/c7-6-4-2-1-3-5(6)8-6/h5H,1-4,7H2. The topological polar surface area (TPSA) is 38.5 Å². The first kappa shape index (κ1) is 4.77. The van der Waals surface area contributed by atoms with Gasteiger partial charge >= 0.3 is 0 Å². The van der Waals surface area contributed by atoms with Crippen LogP contribution in [-0.4, -0.2) is 11.8 Å². The predicted octanol–water partition coefficient (Wildman–Crippen LogP) is 0.614. The second kappa shape index (κ2) is 1.25. The van der Waals surface area contributed by atoms with Crippen LogP contribution in [0.15, 0.2) is 0 Å². The summed E-state index contributed by atoms with van der Waals surface area (Å²) in [5.41, 5.74) is 5.58. The van der Waals surface area contributed by atoms with Crippen molar-refractivity contribution in [1.82, 2.24) is 0 Å². The van der Waals surface area contributed by atoms with Gasteiger partial charge in [0.1, 0.15) is 11.8 Å². The molecule has 8 heavy (non-hydrogen) atoms. The summed E-state index contributed by atoms with van der Waals surface area (Å²) >= 11 is 0. The zero-order valence-corrected chi connectivity index (χ0v) is 4.89. The molecule has 2 nitrogen and oxygen atoms in total. The Morgan fingerprint density at radius 3 is 2.88 bits per heavy atom. The van der Waals surface area contributed by atoms with E-state index in [0.29, 0.717) is 6.10 Å². The van der Waals surface area contributed by atoms with Crippen molar-refractivity contribution < 1.29 is 4.74 Å². The van der Waals surface area contributed by atoms with Crippen molar-refractivity contribution in [3.63, 3.8) is 0 Å². The van der Waals surface area contributed by atoms with Crippen LogP contribution in [0.3, 0.4) is 0 Å². The fourth-order valence-electron chi connectivity index (χ4n) is 1.49. The van der Waals surface area contributed by atoms with Gasteiger partial charge in [-0.25, -0.2) is 0 Å². The fraction of sp³-hybridized carbons (Fsp3) is 1.00. The molecule has 2 aliphatic rings. The van der Waals surface area contributed by atoms with Gasteiger partial charge in [0.15, 0.2) is 0 Å². The summed E-state index contributed by atoms with van der Waals surface area (Å²) in [6, 6.07) is 0. The number of hydrogen-bond donors (Lipinski definition) is 1. The molecule has 1 aliphatic heterocycles. The lowest BCUT2D eigenvalue weighted by Gasteiger charge is -2.10. The van der Waals surface area contributed by atoms with Crippen molar-refractivity contribution in [2.24, 2.45) is 5.73 Å². The largest absolute Gasteiger partial charge is 0.350 e. The molecule has 1 aliphatic carbocycles. The Morgan fingerprint density at radius 2 is 2.38 bits per heavy atom. The molecule has 1 saturated carbocycles. The number of fused-ring (bicyclic) bond motifs is 1. The highest BCUT2D eigenvalue weighted by Crippen LogP contribution is 2.42. The average Bonchev–Trinajstić information content (AvgIpc) is 2.39. The van der Waals surface area contributed by atoms with Gasteiger partial charge < -0.3 is 10.5 Å². The van der Waals surface area contributed by atoms with Gasteiger partial charge in [-0.15, -0.1) is 0 Å². The van der Waals surface area contributed by atoms with Crippen molar-refractivity contribution in [3.8, 4) is 0 Å². The number of epoxide rings is 1. The van der Waals surface area contributed by atoms with Gasteiger partial charge in [0.25, 0.3) is 0 Å². The minimum absolute atomic E-state index is 0.155. The molecule has 0 aromatic heterocycles. The monoisotopic (exact) mass is 113 g/mol. The van der Waals surface area contributed by atoms with Crippen molar-refractivity contribution in [1.29, 1.82) is 0 Å². The summed E-state index contributed by atoms with van der Waals surface area (Å²) in [6.45, 7) is 0. The van der Waals surface area contributed by atoms with Gasteiger partial charge in [-0.1, -0.05) is 6.42 Å². The minimum atomic E-state index is -0.155. The van der Waals surface area contributed by atoms with E-state index in [1.807, 2.05) is 0 Å². The van der Waals surface area contributed by atoms with Crippen molar-refractivity contribution >= 4 is 0 Å². The highest BCUT2D eigenvalue weighted by Gasteiger charge is 2.53. The lowest BCUT2D eigenvalue weighted by molar-refractivity contribution is 0.292. The predicted molar refractivity (Wildman–Crippen MR) is 30.3 cm³/mol. The molecule has 2 unspecified atom stereocenters. The van der Waals surface area contributed by atoms with E-state index in [9.17, 15) is 0 Å². The van der Waals surface area contributed by atoms with E-state index in [1.165, 1.54) is 19.3 Å². The Bertz CT molecular complexity index is 113. The van der Waals surface area contributed by atoms with Gasteiger partial charge in [0.2, 0.25) is 0 Å². The van der Waals surface area contributed by atoms with Crippen LogP contribution in [0, 0.1) is 0 Å². The number of nitrogens with two attached hydrogens (primary N) is 1. The molecule has 2 rings (SSSR count). The zero-order chi connectivity index (χ0) is 5.61. The first-order valence-corrected chi connectivity index (χ1v) is 3.28. The normalized spacial score (nSPS) is 52.9. The molecule has 2 N–H and O–H groups in total. The molecule has 2 atom stereocenters. The number of hydrogen-bond acceptors (Lipinski definition) is 2. The lowest BCUT2D eigenvalue weighted by atomic mass is 9.97. The Morgan fingerprint density at radius 1 is 1.50 bits per heavy atom. The van der Waals surface area contributed by atoms with Crippen LogP contribution in [0.4, 0.5) is 0 Å². The van der Waals surface area contributed by atoms with E-state index in [4.69, 9.17) is 10.5 Å². The summed E-state index contributed by atoms with van der Waals surface area (Å²) in [4.78, 5) is 0. The summed E-state index contributed by atoms with van der Waals surface area (Å²) in [6.07, 6.45) is 5.27. The third kappa shape index (κ3) is 0.501. The lowest BCUT2D eigenvalue weighted by Crippen LogP contribution is -2.29. The van der Waals surface area contributed by atoms with Crippen LogP contribution in [0.25, 0.3) is 0 Å². The van der Waals surface area contributed by atoms with E-state index in [-0.39, 0.29) is 5.72 Å². The van der Waals surface area contributed by atoms with E-state index < -0.39 is 0 Å². The van der Waals surface area contributed by atoms with Crippen LogP contribution in [-0.2, 0) is 4.74 Å². The second-order valence-electron chi connectivity index (χ2n) is 2.81. The molecular formula is C6H11NO. The quantitative estimate of drug-likeness (QED) is 0.467. The van der Waals surface area contributed by atoms with E-state index >= 15 is 0 Å². The van der Waals surface area contributed by atoms with E-state index in [0.717, 1.165) is 6.42 Å². The van der Waals surface area contributed by atoms with Crippen LogP contribution in [0.1, 0.15) is 25.7 Å². The number of ether oxygens (including phenoxy) is 1. The number of rotatable bonds is 0. The highest BCUT2D eigenvalue weighted by molar-refractivity contribution is 4.99. The maximum atomic E-state index is 5.73. The Balaban J connectivity index is 2.04. The molecule has 0 aromatic rings. The third-order valence-corrected chi connectivity index (χ3v) is 2.13. The molecule has 0 radical (unpaired) electrons. The Labute approximate surface area is 49.0 Å². The fourth-order valence-corrected chi connectivity index (χ4v) is 1.49. The van der Waals surface area contributed by atoms with Crippen molar-refractivity contribution in [3.05, 3.63) is 0 Å². The Hall–Kier alpha value is -0.0800. The smallest absolute Gasteiger partial charge is 0.143 e. The van der Waals surface area contributed by atoms with Gasteiger partial charge in [0, 0.05) is 0 Å². The maximum absolute atomic E-state index is 5.73. The zero-order valence-electron chi connectivity index (χ0n) is 4.89. The van der Waals surface area contributed by atoms with Crippen molar-refractivity contribution in [2.45, 2.75) is 37.5 Å². The van der Waals surface area contributed by atoms with Crippen LogP contribution in [0.5, 0.6) is 0 Å². The molecule has 46 valence electrons. The van der Waals surface area contributed by atoms with Crippen LogP contribution in [0.2, 0.25) is 0 Å². The summed E-state index contributed by atoms with van der Waals surface area (Å²) < 4.78 is 5.24. The molecule has 0 amide bonds. The minimum Gasteiger partial charge on any atom is -0.350 e. The summed E-state index contributed by atoms with van der Waals surface area (Å²) in [7, 11) is 0. The maximum Gasteiger partial charge on any atom is 0.143 e. The molecule has 2 heteroatoms. The molecule has 0 spiro atoms. The first-order valence-electron chi connectivity index (χ1n) is 3.28. The van der Waals surface area contributed by atoms with Gasteiger partial charge in [-0.05, 0) is 19.3 Å². The molecule has 1 heterocycles.